The molecule has 0 bridgehead atoms. The van der Waals surface area contributed by atoms with Crippen LogP contribution in [0.1, 0.15) is 12.8 Å². The Bertz CT molecular complexity index is 964. The quantitative estimate of drug-likeness (QED) is 0.650. The van der Waals surface area contributed by atoms with E-state index >= 15 is 0 Å². The van der Waals surface area contributed by atoms with Gasteiger partial charge in [0.25, 0.3) is 0 Å². The Kier molecular flexibility index (Phi) is 4.25. The number of rotatable bonds is 4. The van der Waals surface area contributed by atoms with Crippen molar-refractivity contribution in [3.63, 3.8) is 0 Å². The van der Waals surface area contributed by atoms with Gasteiger partial charge < -0.3 is 0 Å². The molecule has 1 fully saturated rings. The van der Waals surface area contributed by atoms with Crippen LogP contribution in [0.3, 0.4) is 0 Å². The van der Waals surface area contributed by atoms with Crippen LogP contribution >= 0.6 is 23.1 Å². The van der Waals surface area contributed by atoms with Gasteiger partial charge in [0.1, 0.15) is 26.1 Å². The highest BCUT2D eigenvalue weighted by Gasteiger charge is 2.27. The molecule has 3 aromatic heterocycles. The van der Waals surface area contributed by atoms with Gasteiger partial charge in [0, 0.05) is 24.7 Å². The SMILES string of the molecule is O=S(=O)(c1ccc(Sc2ncnc3sccc23)nc1)N1CCCC1. The van der Waals surface area contributed by atoms with E-state index in [1.165, 1.54) is 28.6 Å². The van der Waals surface area contributed by atoms with Gasteiger partial charge in [-0.1, -0.05) is 0 Å². The van der Waals surface area contributed by atoms with Gasteiger partial charge in [-0.3, -0.25) is 0 Å². The number of aromatic nitrogens is 3. The molecule has 3 aromatic rings. The second-order valence-electron chi connectivity index (χ2n) is 5.36. The van der Waals surface area contributed by atoms with Crippen LogP contribution < -0.4 is 0 Å². The summed E-state index contributed by atoms with van der Waals surface area (Å²) < 4.78 is 26.5. The molecule has 24 heavy (non-hydrogen) atoms. The number of hydrogen-bond donors (Lipinski definition) is 0. The number of fused-ring (bicyclic) bond motifs is 1. The van der Waals surface area contributed by atoms with Crippen molar-refractivity contribution in [2.45, 2.75) is 27.8 Å². The number of hydrogen-bond acceptors (Lipinski definition) is 7. The molecule has 0 aromatic carbocycles. The van der Waals surface area contributed by atoms with E-state index < -0.39 is 10.0 Å². The molecule has 0 N–H and O–H groups in total. The van der Waals surface area contributed by atoms with Crippen LogP contribution in [0, 0.1) is 0 Å². The first-order valence-corrected chi connectivity index (χ1v) is 10.6. The van der Waals surface area contributed by atoms with E-state index in [-0.39, 0.29) is 4.90 Å². The summed E-state index contributed by atoms with van der Waals surface area (Å²) in [6, 6.07) is 5.33. The lowest BCUT2D eigenvalue weighted by molar-refractivity contribution is 0.477. The molecule has 0 radical (unpaired) electrons. The first kappa shape index (κ1) is 15.9. The van der Waals surface area contributed by atoms with E-state index in [2.05, 4.69) is 15.0 Å². The van der Waals surface area contributed by atoms with Crippen molar-refractivity contribution in [3.8, 4) is 0 Å². The van der Waals surface area contributed by atoms with Gasteiger partial charge in [-0.15, -0.1) is 11.3 Å². The fourth-order valence-electron chi connectivity index (χ4n) is 2.60. The molecule has 124 valence electrons. The zero-order valence-electron chi connectivity index (χ0n) is 12.6. The van der Waals surface area contributed by atoms with Crippen molar-refractivity contribution in [2.75, 3.05) is 13.1 Å². The molecule has 0 spiro atoms. The minimum Gasteiger partial charge on any atom is -0.248 e. The standard InChI is InChI=1S/C15H14N4O2S3/c20-24(21,19-6-1-2-7-19)11-3-4-13(16-9-11)23-15-12-5-8-22-14(12)17-10-18-15/h3-5,8-10H,1-2,6-7H2. The van der Waals surface area contributed by atoms with Crippen molar-refractivity contribution in [1.29, 1.82) is 0 Å². The summed E-state index contributed by atoms with van der Waals surface area (Å²) in [6.45, 7) is 1.19. The number of sulfonamides is 1. The third-order valence-corrected chi connectivity index (χ3v) is 7.51. The summed E-state index contributed by atoms with van der Waals surface area (Å²) in [5.74, 6) is 0. The largest absolute Gasteiger partial charge is 0.248 e. The predicted octanol–water partition coefficient (Wildman–Crippen LogP) is 3.02. The molecule has 9 heteroatoms. The van der Waals surface area contributed by atoms with Crippen LogP contribution in [0.4, 0.5) is 0 Å². The monoisotopic (exact) mass is 378 g/mol. The maximum Gasteiger partial charge on any atom is 0.244 e. The third-order valence-electron chi connectivity index (χ3n) is 3.84. The fourth-order valence-corrected chi connectivity index (χ4v) is 5.68. The molecule has 6 nitrogen and oxygen atoms in total. The smallest absolute Gasteiger partial charge is 0.244 e. The highest BCUT2D eigenvalue weighted by molar-refractivity contribution is 7.99. The minimum atomic E-state index is -3.42. The van der Waals surface area contributed by atoms with Crippen LogP contribution in [0.2, 0.25) is 0 Å². The molecule has 0 unspecified atom stereocenters. The summed E-state index contributed by atoms with van der Waals surface area (Å²) in [4.78, 5) is 14.0. The lowest BCUT2D eigenvalue weighted by atomic mass is 10.4. The lowest BCUT2D eigenvalue weighted by Gasteiger charge is -2.15. The summed E-state index contributed by atoms with van der Waals surface area (Å²) in [5.41, 5.74) is 0. The van der Waals surface area contributed by atoms with Gasteiger partial charge in [0.2, 0.25) is 10.0 Å². The van der Waals surface area contributed by atoms with Gasteiger partial charge in [0.15, 0.2) is 0 Å². The van der Waals surface area contributed by atoms with E-state index in [9.17, 15) is 8.42 Å². The molecule has 1 aliphatic heterocycles. The Morgan fingerprint density at radius 2 is 1.92 bits per heavy atom. The Morgan fingerprint density at radius 1 is 1.08 bits per heavy atom. The van der Waals surface area contributed by atoms with E-state index in [0.29, 0.717) is 18.1 Å². The van der Waals surface area contributed by atoms with Gasteiger partial charge in [-0.25, -0.2) is 23.4 Å². The summed E-state index contributed by atoms with van der Waals surface area (Å²) >= 11 is 2.97. The topological polar surface area (TPSA) is 76.0 Å². The summed E-state index contributed by atoms with van der Waals surface area (Å²) in [5, 5.41) is 4.50. The molecule has 1 aliphatic rings. The fraction of sp³-hybridized carbons (Fsp3) is 0.267. The maximum atomic E-state index is 12.5. The number of thiophene rings is 1. The summed E-state index contributed by atoms with van der Waals surface area (Å²) in [6.07, 6.45) is 4.81. The van der Waals surface area contributed by atoms with Crippen LogP contribution in [0.5, 0.6) is 0 Å². The van der Waals surface area contributed by atoms with Crippen molar-refractivity contribution in [2.24, 2.45) is 0 Å². The Labute approximate surface area is 148 Å². The zero-order valence-corrected chi connectivity index (χ0v) is 15.1. The molecular weight excluding hydrogens is 364 g/mol. The van der Waals surface area contributed by atoms with Crippen LogP contribution in [0.15, 0.2) is 51.1 Å². The second kappa shape index (κ2) is 6.40. The molecule has 0 saturated carbocycles. The average molecular weight is 379 g/mol. The predicted molar refractivity (Wildman–Crippen MR) is 93.8 cm³/mol. The van der Waals surface area contributed by atoms with Crippen LogP contribution in [-0.4, -0.2) is 40.8 Å². The zero-order chi connectivity index (χ0) is 16.6. The van der Waals surface area contributed by atoms with Crippen molar-refractivity contribution in [3.05, 3.63) is 36.1 Å². The first-order chi connectivity index (χ1) is 11.6. The van der Waals surface area contributed by atoms with Crippen molar-refractivity contribution < 1.29 is 8.42 Å². The summed E-state index contributed by atoms with van der Waals surface area (Å²) in [7, 11) is -3.42. The van der Waals surface area contributed by atoms with E-state index in [1.807, 2.05) is 11.4 Å². The Balaban J connectivity index is 1.59. The van der Waals surface area contributed by atoms with Gasteiger partial charge >= 0.3 is 0 Å². The highest BCUT2D eigenvalue weighted by atomic mass is 32.2. The lowest BCUT2D eigenvalue weighted by Crippen LogP contribution is -2.27. The van der Waals surface area contributed by atoms with Gasteiger partial charge in [0.05, 0.1) is 0 Å². The number of nitrogens with zero attached hydrogens (tertiary/aromatic N) is 4. The molecule has 0 amide bonds. The Morgan fingerprint density at radius 3 is 2.67 bits per heavy atom. The molecular formula is C15H14N4O2S3. The first-order valence-electron chi connectivity index (χ1n) is 7.47. The van der Waals surface area contributed by atoms with E-state index in [1.54, 1.807) is 23.5 Å². The molecule has 4 rings (SSSR count). The second-order valence-corrected chi connectivity index (χ2v) is 9.21. The van der Waals surface area contributed by atoms with Crippen LogP contribution in [-0.2, 0) is 10.0 Å². The van der Waals surface area contributed by atoms with Gasteiger partial charge in [-0.05, 0) is 48.2 Å². The van der Waals surface area contributed by atoms with Crippen molar-refractivity contribution in [1.82, 2.24) is 19.3 Å². The normalized spacial score (nSPS) is 16.0. The van der Waals surface area contributed by atoms with Crippen molar-refractivity contribution >= 4 is 43.3 Å². The van der Waals surface area contributed by atoms with E-state index in [4.69, 9.17) is 0 Å². The Hall–Kier alpha value is -1.55. The third kappa shape index (κ3) is 2.92. The highest BCUT2D eigenvalue weighted by Crippen LogP contribution is 2.32. The molecule has 0 atom stereocenters. The molecule has 4 heterocycles. The average Bonchev–Trinajstić information content (AvgIpc) is 3.28. The van der Waals surface area contributed by atoms with E-state index in [0.717, 1.165) is 28.1 Å². The number of pyridine rings is 1. The molecule has 0 aliphatic carbocycles. The maximum absolute atomic E-state index is 12.5. The molecule has 1 saturated heterocycles. The van der Waals surface area contributed by atoms with Gasteiger partial charge in [-0.2, -0.15) is 4.31 Å². The van der Waals surface area contributed by atoms with Crippen LogP contribution in [0.25, 0.3) is 10.2 Å². The minimum absolute atomic E-state index is 0.247.